The zero-order chi connectivity index (χ0) is 42.7. The summed E-state index contributed by atoms with van der Waals surface area (Å²) in [6, 6.07) is 59.7. The van der Waals surface area contributed by atoms with E-state index in [1.165, 1.54) is 132 Å². The minimum atomic E-state index is -0.150. The summed E-state index contributed by atoms with van der Waals surface area (Å²) in [5.74, 6) is 0. The molecule has 0 saturated carbocycles. The summed E-state index contributed by atoms with van der Waals surface area (Å²) >= 11 is 0. The minimum Gasteiger partial charge on any atom is -0.309 e. The molecule has 13 aromatic rings. The van der Waals surface area contributed by atoms with Gasteiger partial charge in [-0.1, -0.05) is 151 Å². The van der Waals surface area contributed by atoms with E-state index in [2.05, 4.69) is 222 Å². The van der Waals surface area contributed by atoms with E-state index in [0.717, 1.165) is 0 Å². The minimum absolute atomic E-state index is 0.0274. The summed E-state index contributed by atoms with van der Waals surface area (Å²) in [6.07, 6.45) is 0. The molecule has 64 heavy (non-hydrogen) atoms. The lowest BCUT2D eigenvalue weighted by atomic mass is 9.34. The average Bonchev–Trinajstić information content (AvgIpc) is 4.08. The van der Waals surface area contributed by atoms with Crippen LogP contribution in [0.2, 0.25) is 0 Å². The number of benzene rings is 8. The fraction of sp³-hybridized carbons (Fsp3) is 0.138. The average molecular weight is 822 g/mol. The molecule has 15 rings (SSSR count). The molecule has 5 nitrogen and oxygen atoms in total. The third kappa shape index (κ3) is 3.97. The van der Waals surface area contributed by atoms with E-state index in [9.17, 15) is 0 Å². The number of nitrogens with zero attached hydrogens (tertiary/aromatic N) is 5. The van der Waals surface area contributed by atoms with Gasteiger partial charge in [0.1, 0.15) is 11.3 Å². The van der Waals surface area contributed by atoms with Crippen LogP contribution in [0.5, 0.6) is 0 Å². The molecule has 2 aliphatic rings. The first-order chi connectivity index (χ1) is 31.1. The van der Waals surface area contributed by atoms with E-state index < -0.39 is 0 Å². The van der Waals surface area contributed by atoms with E-state index in [-0.39, 0.29) is 17.5 Å². The highest BCUT2D eigenvalue weighted by atomic mass is 15.2. The number of rotatable bonds is 1. The Labute approximate surface area is 370 Å². The summed E-state index contributed by atoms with van der Waals surface area (Å²) < 4.78 is 13.2. The van der Waals surface area contributed by atoms with Gasteiger partial charge < -0.3 is 4.57 Å². The molecule has 2 aliphatic heterocycles. The molecule has 0 unspecified atom stereocenters. The van der Waals surface area contributed by atoms with E-state index in [4.69, 9.17) is 0 Å². The lowest BCUT2D eigenvalue weighted by Crippen LogP contribution is -2.59. The Balaban J connectivity index is 1.25. The van der Waals surface area contributed by atoms with E-state index in [0.29, 0.717) is 0 Å². The Hall–Kier alpha value is -7.44. The highest BCUT2D eigenvalue weighted by Gasteiger charge is 2.44. The van der Waals surface area contributed by atoms with Crippen molar-refractivity contribution in [1.29, 1.82) is 0 Å². The normalized spacial score (nSPS) is 13.8. The van der Waals surface area contributed by atoms with Crippen LogP contribution >= 0.6 is 0 Å². The number of hydrogen-bond donors (Lipinski definition) is 0. The predicted molar refractivity (Wildman–Crippen MR) is 271 cm³/mol. The number of fused-ring (bicyclic) bond motifs is 20. The largest absolute Gasteiger partial charge is 0.309 e. The van der Waals surface area contributed by atoms with Crippen molar-refractivity contribution in [3.05, 3.63) is 169 Å². The summed E-state index contributed by atoms with van der Waals surface area (Å²) in [6.45, 7) is 14.3. The summed E-state index contributed by atoms with van der Waals surface area (Å²) in [5, 5.41) is 7.75. The van der Waals surface area contributed by atoms with Gasteiger partial charge in [0.15, 0.2) is 0 Å². The van der Waals surface area contributed by atoms with Crippen molar-refractivity contribution < 1.29 is 0 Å². The molecule has 6 heteroatoms. The lowest BCUT2D eigenvalue weighted by molar-refractivity contribution is 0.598. The van der Waals surface area contributed by atoms with Gasteiger partial charge in [0.2, 0.25) is 0 Å². The van der Waals surface area contributed by atoms with Crippen LogP contribution in [-0.4, -0.2) is 29.2 Å². The Bertz CT molecular complexity index is 4260. The molecule has 0 atom stereocenters. The highest BCUT2D eigenvalue weighted by Crippen LogP contribution is 2.48. The molecule has 7 heterocycles. The van der Waals surface area contributed by atoms with Gasteiger partial charge in [-0.15, -0.1) is 0 Å². The van der Waals surface area contributed by atoms with Crippen LogP contribution < -0.4 is 16.4 Å². The molecule has 0 spiro atoms. The molecule has 0 aliphatic carbocycles. The third-order valence-corrected chi connectivity index (χ3v) is 14.9. The van der Waals surface area contributed by atoms with Gasteiger partial charge in [-0.2, -0.15) is 0 Å². The fourth-order valence-corrected chi connectivity index (χ4v) is 12.9. The van der Waals surface area contributed by atoms with Crippen molar-refractivity contribution in [2.45, 2.75) is 52.4 Å². The quantitative estimate of drug-likeness (QED) is 0.147. The van der Waals surface area contributed by atoms with Crippen molar-refractivity contribution >= 4 is 111 Å². The maximum atomic E-state index is 2.69. The molecule has 0 amide bonds. The van der Waals surface area contributed by atoms with Crippen LogP contribution in [0.1, 0.15) is 52.7 Å². The van der Waals surface area contributed by atoms with Crippen LogP contribution in [-0.2, 0) is 10.8 Å². The van der Waals surface area contributed by atoms with Crippen molar-refractivity contribution in [1.82, 2.24) is 22.5 Å². The molecule has 0 bridgehead atoms. The summed E-state index contributed by atoms with van der Waals surface area (Å²) in [7, 11) is 0. The fourth-order valence-electron chi connectivity index (χ4n) is 12.9. The summed E-state index contributed by atoms with van der Waals surface area (Å²) in [5.41, 5.74) is 22.9. The van der Waals surface area contributed by atoms with Crippen LogP contribution in [0.15, 0.2) is 158 Å². The molecule has 304 valence electrons. The van der Waals surface area contributed by atoms with Crippen LogP contribution in [0.4, 0.5) is 0 Å². The molecule has 0 N–H and O–H groups in total. The second-order valence-corrected chi connectivity index (χ2v) is 20.5. The molecule has 5 aromatic heterocycles. The van der Waals surface area contributed by atoms with Crippen molar-refractivity contribution in [3.8, 4) is 17.1 Å². The van der Waals surface area contributed by atoms with Gasteiger partial charge in [-0.25, -0.2) is 0 Å². The smallest absolute Gasteiger partial charge is 0.252 e. The first-order valence-electron chi connectivity index (χ1n) is 22.8. The van der Waals surface area contributed by atoms with Crippen LogP contribution in [0.3, 0.4) is 0 Å². The maximum absolute atomic E-state index is 2.69. The SMILES string of the molecule is CC(C)(C)c1c2ccccc2n2c3c4ccccc4cc4c3n(c12)-c1cccc2c1B4c1cc3c(c4ccccc4n3-c3ccccc3)c3c1n-2c1c(C(C)(C)C)c2ccccc2n31. The van der Waals surface area contributed by atoms with Gasteiger partial charge >= 0.3 is 0 Å². The number of hydrogen-bond acceptors (Lipinski definition) is 0. The van der Waals surface area contributed by atoms with Crippen LogP contribution in [0.25, 0.3) is 105 Å². The Morgan fingerprint density at radius 3 is 1.52 bits per heavy atom. The first-order valence-corrected chi connectivity index (χ1v) is 22.8. The zero-order valence-electron chi connectivity index (χ0n) is 36.8. The number of para-hydroxylation sites is 4. The van der Waals surface area contributed by atoms with E-state index in [1.54, 1.807) is 0 Å². The predicted octanol–water partition coefficient (Wildman–Crippen LogP) is 12.4. The van der Waals surface area contributed by atoms with Crippen molar-refractivity contribution in [2.75, 3.05) is 0 Å². The van der Waals surface area contributed by atoms with Crippen molar-refractivity contribution in [3.63, 3.8) is 0 Å². The first kappa shape index (κ1) is 35.1. The second kappa shape index (κ2) is 11.4. The molecule has 8 aromatic carbocycles. The zero-order valence-corrected chi connectivity index (χ0v) is 36.8. The highest BCUT2D eigenvalue weighted by molar-refractivity contribution is 7.00. The molecule has 0 fully saturated rings. The maximum Gasteiger partial charge on any atom is 0.252 e. The van der Waals surface area contributed by atoms with Crippen molar-refractivity contribution in [2.24, 2.45) is 0 Å². The van der Waals surface area contributed by atoms with Gasteiger partial charge in [-0.05, 0) is 81.1 Å². The molecule has 0 saturated heterocycles. The van der Waals surface area contributed by atoms with Crippen LogP contribution in [0, 0.1) is 0 Å². The molecular weight excluding hydrogens is 777 g/mol. The van der Waals surface area contributed by atoms with E-state index >= 15 is 0 Å². The number of aromatic nitrogens is 5. The lowest BCUT2D eigenvalue weighted by Gasteiger charge is -2.34. The number of imidazole rings is 2. The third-order valence-electron chi connectivity index (χ3n) is 14.9. The molecule has 0 radical (unpaired) electrons. The molecular formula is C58H44BN5. The second-order valence-electron chi connectivity index (χ2n) is 20.5. The Morgan fingerprint density at radius 2 is 0.891 bits per heavy atom. The Kier molecular flexibility index (Phi) is 6.24. The monoisotopic (exact) mass is 821 g/mol. The standard InChI is InChI=1S/C58H44BN5/c1-57(2,3)48-37-24-13-16-27-42(37)61-51-35-22-11-10-19-33(35)31-39-52(51)63(55(48)61)44-29-18-30-45-50(44)59(39)40-32-46-47(36-23-12-15-26-41(36)60(46)34-20-8-7-9-21-34)54-53(40)64(45)56-49(58(4,5)6)38-25-14-17-28-43(38)62(54)56/h7-32H,1-6H3. The Morgan fingerprint density at radius 1 is 0.391 bits per heavy atom. The van der Waals surface area contributed by atoms with Gasteiger partial charge in [0.05, 0.1) is 44.1 Å². The topological polar surface area (TPSA) is 23.6 Å². The van der Waals surface area contributed by atoms with E-state index in [1.807, 2.05) is 0 Å². The van der Waals surface area contributed by atoms with Gasteiger partial charge in [0.25, 0.3) is 6.71 Å². The van der Waals surface area contributed by atoms with Gasteiger partial charge in [0, 0.05) is 55.1 Å². The summed E-state index contributed by atoms with van der Waals surface area (Å²) in [4.78, 5) is 0. The van der Waals surface area contributed by atoms with Gasteiger partial charge in [-0.3, -0.25) is 17.9 Å².